The first-order valence-electron chi connectivity index (χ1n) is 4.15. The fourth-order valence-corrected chi connectivity index (χ4v) is 1.54. The second-order valence-electron chi connectivity index (χ2n) is 3.39. The molecule has 1 fully saturated rings. The zero-order valence-corrected chi connectivity index (χ0v) is 7.26. The van der Waals surface area contributed by atoms with Crippen LogP contribution >= 0.6 is 0 Å². The maximum absolute atomic E-state index is 9.83. The smallest absolute Gasteiger partial charge is 0.100 e. The molecule has 0 bridgehead atoms. The van der Waals surface area contributed by atoms with Crippen molar-refractivity contribution >= 4 is 0 Å². The van der Waals surface area contributed by atoms with Gasteiger partial charge in [-0.25, -0.2) is 0 Å². The molecule has 1 rings (SSSR count). The monoisotopic (exact) mass is 159 g/mol. The number of hydrogen-bond donors (Lipinski definition) is 2. The van der Waals surface area contributed by atoms with E-state index in [1.54, 1.807) is 0 Å². The van der Waals surface area contributed by atoms with E-state index in [0.29, 0.717) is 6.54 Å². The fourth-order valence-electron chi connectivity index (χ4n) is 1.54. The SMILES string of the molecule is CNCC(C)(O)C1CCCO1. The van der Waals surface area contributed by atoms with Crippen LogP contribution in [0.25, 0.3) is 0 Å². The van der Waals surface area contributed by atoms with Crippen molar-refractivity contribution in [3.63, 3.8) is 0 Å². The number of ether oxygens (including phenoxy) is 1. The van der Waals surface area contributed by atoms with E-state index in [0.717, 1.165) is 19.4 Å². The minimum atomic E-state index is -0.703. The lowest BCUT2D eigenvalue weighted by Crippen LogP contribution is -2.46. The van der Waals surface area contributed by atoms with Crippen LogP contribution in [-0.4, -0.2) is 37.0 Å². The Morgan fingerprint density at radius 3 is 2.91 bits per heavy atom. The predicted octanol–water partition coefficient (Wildman–Crippen LogP) is 0.136. The van der Waals surface area contributed by atoms with E-state index in [2.05, 4.69) is 5.32 Å². The summed E-state index contributed by atoms with van der Waals surface area (Å²) in [6, 6.07) is 0. The van der Waals surface area contributed by atoms with Crippen molar-refractivity contribution in [2.24, 2.45) is 0 Å². The molecular weight excluding hydrogens is 142 g/mol. The van der Waals surface area contributed by atoms with Crippen molar-refractivity contribution in [1.82, 2.24) is 5.32 Å². The summed E-state index contributed by atoms with van der Waals surface area (Å²) in [5, 5.41) is 12.8. The van der Waals surface area contributed by atoms with Crippen molar-refractivity contribution in [1.29, 1.82) is 0 Å². The molecule has 3 nitrogen and oxygen atoms in total. The van der Waals surface area contributed by atoms with Crippen LogP contribution in [0, 0.1) is 0 Å². The molecule has 11 heavy (non-hydrogen) atoms. The lowest BCUT2D eigenvalue weighted by molar-refractivity contribution is -0.0697. The zero-order chi connectivity index (χ0) is 8.32. The van der Waals surface area contributed by atoms with E-state index in [4.69, 9.17) is 4.74 Å². The first-order chi connectivity index (χ1) is 5.17. The van der Waals surface area contributed by atoms with Gasteiger partial charge in [-0.3, -0.25) is 0 Å². The van der Waals surface area contributed by atoms with Crippen LogP contribution in [-0.2, 0) is 4.74 Å². The summed E-state index contributed by atoms with van der Waals surface area (Å²) in [7, 11) is 1.84. The Labute approximate surface area is 67.7 Å². The van der Waals surface area contributed by atoms with Crippen molar-refractivity contribution in [3.05, 3.63) is 0 Å². The lowest BCUT2D eigenvalue weighted by atomic mass is 9.97. The van der Waals surface area contributed by atoms with Gasteiger partial charge in [0.1, 0.15) is 5.60 Å². The van der Waals surface area contributed by atoms with E-state index in [9.17, 15) is 5.11 Å². The summed E-state index contributed by atoms with van der Waals surface area (Å²) in [4.78, 5) is 0. The predicted molar refractivity (Wildman–Crippen MR) is 43.5 cm³/mol. The van der Waals surface area contributed by atoms with Gasteiger partial charge in [0.2, 0.25) is 0 Å². The summed E-state index contributed by atoms with van der Waals surface area (Å²) in [5.74, 6) is 0. The largest absolute Gasteiger partial charge is 0.386 e. The molecule has 3 heteroatoms. The van der Waals surface area contributed by atoms with Crippen LogP contribution in [0.1, 0.15) is 19.8 Å². The highest BCUT2D eigenvalue weighted by molar-refractivity contribution is 4.87. The molecule has 1 saturated heterocycles. The molecular formula is C8H17NO2. The molecule has 0 aliphatic carbocycles. The summed E-state index contributed by atoms with van der Waals surface area (Å²) in [5.41, 5.74) is -0.703. The Bertz CT molecular complexity index is 119. The molecule has 0 saturated carbocycles. The van der Waals surface area contributed by atoms with Crippen LogP contribution in [0.15, 0.2) is 0 Å². The molecule has 2 atom stereocenters. The second kappa shape index (κ2) is 3.52. The number of aliphatic hydroxyl groups is 1. The Balaban J connectivity index is 2.41. The van der Waals surface area contributed by atoms with Crippen LogP contribution in [0.2, 0.25) is 0 Å². The molecule has 1 aliphatic rings. The van der Waals surface area contributed by atoms with Gasteiger partial charge >= 0.3 is 0 Å². The molecule has 2 N–H and O–H groups in total. The normalized spacial score (nSPS) is 30.3. The van der Waals surface area contributed by atoms with Crippen LogP contribution < -0.4 is 5.32 Å². The highest BCUT2D eigenvalue weighted by atomic mass is 16.5. The summed E-state index contributed by atoms with van der Waals surface area (Å²) < 4.78 is 5.38. The van der Waals surface area contributed by atoms with Crippen molar-refractivity contribution in [2.45, 2.75) is 31.5 Å². The Morgan fingerprint density at radius 1 is 1.73 bits per heavy atom. The third kappa shape index (κ3) is 2.15. The first-order valence-corrected chi connectivity index (χ1v) is 4.15. The van der Waals surface area contributed by atoms with Gasteiger partial charge in [-0.1, -0.05) is 0 Å². The minimum absolute atomic E-state index is 0.0231. The number of rotatable bonds is 3. The summed E-state index contributed by atoms with van der Waals surface area (Å²) in [6.07, 6.45) is 2.08. The lowest BCUT2D eigenvalue weighted by Gasteiger charge is -2.28. The topological polar surface area (TPSA) is 41.5 Å². The zero-order valence-electron chi connectivity index (χ0n) is 7.26. The number of hydrogen-bond acceptors (Lipinski definition) is 3. The quantitative estimate of drug-likeness (QED) is 0.615. The minimum Gasteiger partial charge on any atom is -0.386 e. The van der Waals surface area contributed by atoms with Gasteiger partial charge in [-0.15, -0.1) is 0 Å². The van der Waals surface area contributed by atoms with Crippen LogP contribution in [0.5, 0.6) is 0 Å². The van der Waals surface area contributed by atoms with Gasteiger partial charge in [0, 0.05) is 13.2 Å². The van der Waals surface area contributed by atoms with E-state index in [-0.39, 0.29) is 6.10 Å². The molecule has 66 valence electrons. The summed E-state index contributed by atoms with van der Waals surface area (Å²) in [6.45, 7) is 3.21. The van der Waals surface area contributed by atoms with E-state index in [1.807, 2.05) is 14.0 Å². The molecule has 0 aromatic rings. The average molecular weight is 159 g/mol. The van der Waals surface area contributed by atoms with Gasteiger partial charge in [0.05, 0.1) is 6.10 Å². The Hall–Kier alpha value is -0.120. The van der Waals surface area contributed by atoms with E-state index in [1.165, 1.54) is 0 Å². The molecule has 1 aliphatic heterocycles. The molecule has 0 amide bonds. The third-order valence-electron chi connectivity index (χ3n) is 2.16. The Kier molecular flexibility index (Phi) is 2.87. The molecule has 0 spiro atoms. The molecule has 0 radical (unpaired) electrons. The van der Waals surface area contributed by atoms with Crippen LogP contribution in [0.3, 0.4) is 0 Å². The first kappa shape index (κ1) is 8.97. The van der Waals surface area contributed by atoms with E-state index >= 15 is 0 Å². The molecule has 0 aromatic carbocycles. The third-order valence-corrected chi connectivity index (χ3v) is 2.16. The molecule has 2 unspecified atom stereocenters. The van der Waals surface area contributed by atoms with Crippen molar-refractivity contribution in [3.8, 4) is 0 Å². The van der Waals surface area contributed by atoms with Gasteiger partial charge in [-0.05, 0) is 26.8 Å². The Morgan fingerprint density at radius 2 is 2.45 bits per heavy atom. The molecule has 0 aromatic heterocycles. The van der Waals surface area contributed by atoms with Gasteiger partial charge < -0.3 is 15.2 Å². The van der Waals surface area contributed by atoms with Crippen molar-refractivity contribution < 1.29 is 9.84 Å². The maximum Gasteiger partial charge on any atom is 0.100 e. The van der Waals surface area contributed by atoms with Gasteiger partial charge in [0.15, 0.2) is 0 Å². The fraction of sp³-hybridized carbons (Fsp3) is 1.00. The highest BCUT2D eigenvalue weighted by Crippen LogP contribution is 2.22. The summed E-state index contributed by atoms with van der Waals surface area (Å²) >= 11 is 0. The number of nitrogens with one attached hydrogen (secondary N) is 1. The standard InChI is InChI=1S/C8H17NO2/c1-8(10,6-9-2)7-4-3-5-11-7/h7,9-10H,3-6H2,1-2H3. The second-order valence-corrected chi connectivity index (χ2v) is 3.39. The van der Waals surface area contributed by atoms with Gasteiger partial charge in [0.25, 0.3) is 0 Å². The van der Waals surface area contributed by atoms with Crippen LogP contribution in [0.4, 0.5) is 0 Å². The van der Waals surface area contributed by atoms with Crippen molar-refractivity contribution in [2.75, 3.05) is 20.2 Å². The number of likely N-dealkylation sites (N-methyl/N-ethyl adjacent to an activating group) is 1. The average Bonchev–Trinajstić information content (AvgIpc) is 2.37. The van der Waals surface area contributed by atoms with Gasteiger partial charge in [-0.2, -0.15) is 0 Å². The van der Waals surface area contributed by atoms with E-state index < -0.39 is 5.60 Å². The highest BCUT2D eigenvalue weighted by Gasteiger charge is 2.34. The molecule has 1 heterocycles. The maximum atomic E-state index is 9.83.